The van der Waals surface area contributed by atoms with Crippen LogP contribution in [0.3, 0.4) is 0 Å². The highest BCUT2D eigenvalue weighted by Gasteiger charge is 2.49. The van der Waals surface area contributed by atoms with Crippen molar-refractivity contribution in [3.05, 3.63) is 35.4 Å². The molecule has 1 N–H and O–H groups in total. The van der Waals surface area contributed by atoms with Crippen LogP contribution in [0.4, 0.5) is 0 Å². The van der Waals surface area contributed by atoms with Crippen LogP contribution in [-0.2, 0) is 5.72 Å². The number of rotatable bonds is 0. The molecule has 1 saturated heterocycles. The van der Waals surface area contributed by atoms with Gasteiger partial charge >= 0.3 is 0 Å². The molecule has 78 valence electrons. The van der Waals surface area contributed by atoms with Crippen molar-refractivity contribution in [2.24, 2.45) is 0 Å². The lowest BCUT2D eigenvalue weighted by Gasteiger charge is -2.38. The van der Waals surface area contributed by atoms with Gasteiger partial charge in [-0.15, -0.1) is 0 Å². The van der Waals surface area contributed by atoms with Crippen molar-refractivity contribution in [2.75, 3.05) is 6.54 Å². The minimum atomic E-state index is -1.02. The molecule has 3 rings (SSSR count). The molecular weight excluding hydrogens is 190 g/mol. The second-order valence-corrected chi connectivity index (χ2v) is 4.28. The number of piperidine rings is 1. The Bertz CT molecular complexity index is 429. The summed E-state index contributed by atoms with van der Waals surface area (Å²) in [5.41, 5.74) is 0.433. The van der Waals surface area contributed by atoms with Gasteiger partial charge < -0.3 is 10.0 Å². The van der Waals surface area contributed by atoms with Gasteiger partial charge in [-0.25, -0.2) is 0 Å². The van der Waals surface area contributed by atoms with E-state index in [1.54, 1.807) is 11.0 Å². The maximum Gasteiger partial charge on any atom is 0.256 e. The predicted octanol–water partition coefficient (Wildman–Crippen LogP) is 1.47. The van der Waals surface area contributed by atoms with Gasteiger partial charge in [0.2, 0.25) is 0 Å². The van der Waals surface area contributed by atoms with Crippen LogP contribution in [0.15, 0.2) is 24.3 Å². The Morgan fingerprint density at radius 2 is 2.07 bits per heavy atom. The number of hydrogen-bond acceptors (Lipinski definition) is 2. The van der Waals surface area contributed by atoms with Gasteiger partial charge in [0.05, 0.1) is 0 Å². The van der Waals surface area contributed by atoms with Crippen LogP contribution < -0.4 is 0 Å². The molecule has 1 fully saturated rings. The number of carbonyl (C=O) groups is 1. The molecule has 2 aliphatic heterocycles. The highest BCUT2D eigenvalue weighted by molar-refractivity contribution is 5.99. The molecule has 0 saturated carbocycles. The third-order valence-electron chi connectivity index (χ3n) is 3.44. The summed E-state index contributed by atoms with van der Waals surface area (Å²) in [4.78, 5) is 13.6. The van der Waals surface area contributed by atoms with Gasteiger partial charge in [-0.05, 0) is 25.3 Å². The minimum Gasteiger partial charge on any atom is -0.367 e. The van der Waals surface area contributed by atoms with Crippen LogP contribution in [-0.4, -0.2) is 22.5 Å². The van der Waals surface area contributed by atoms with Crippen molar-refractivity contribution >= 4 is 5.91 Å². The quantitative estimate of drug-likeness (QED) is 0.693. The number of hydrogen-bond donors (Lipinski definition) is 1. The molecule has 0 spiro atoms. The first-order chi connectivity index (χ1) is 7.23. The second-order valence-electron chi connectivity index (χ2n) is 4.28. The number of carbonyl (C=O) groups excluding carboxylic acids is 1. The average Bonchev–Trinajstić information content (AvgIpc) is 2.50. The average molecular weight is 203 g/mol. The van der Waals surface area contributed by atoms with Crippen molar-refractivity contribution in [1.82, 2.24) is 4.90 Å². The van der Waals surface area contributed by atoms with Crippen molar-refractivity contribution in [3.63, 3.8) is 0 Å². The fraction of sp³-hybridized carbons (Fsp3) is 0.417. The zero-order valence-electron chi connectivity index (χ0n) is 8.44. The molecule has 3 nitrogen and oxygen atoms in total. The Hall–Kier alpha value is -1.35. The largest absolute Gasteiger partial charge is 0.367 e. The summed E-state index contributed by atoms with van der Waals surface area (Å²) < 4.78 is 0. The predicted molar refractivity (Wildman–Crippen MR) is 55.2 cm³/mol. The number of nitrogens with zero attached hydrogens (tertiary/aromatic N) is 1. The summed E-state index contributed by atoms with van der Waals surface area (Å²) in [6, 6.07) is 7.38. The number of amides is 1. The van der Waals surface area contributed by atoms with Gasteiger partial charge in [-0.3, -0.25) is 4.79 Å². The Labute approximate surface area is 88.3 Å². The van der Waals surface area contributed by atoms with E-state index < -0.39 is 5.72 Å². The zero-order chi connectivity index (χ0) is 10.5. The van der Waals surface area contributed by atoms with Gasteiger partial charge in [0, 0.05) is 17.7 Å². The lowest BCUT2D eigenvalue weighted by atomic mass is 9.93. The van der Waals surface area contributed by atoms with Gasteiger partial charge in [-0.2, -0.15) is 0 Å². The van der Waals surface area contributed by atoms with Crippen LogP contribution >= 0.6 is 0 Å². The molecule has 2 aliphatic rings. The van der Waals surface area contributed by atoms with Crippen molar-refractivity contribution in [3.8, 4) is 0 Å². The summed E-state index contributed by atoms with van der Waals surface area (Å²) >= 11 is 0. The number of benzene rings is 1. The van der Waals surface area contributed by atoms with Crippen molar-refractivity contribution in [1.29, 1.82) is 0 Å². The summed E-state index contributed by atoms with van der Waals surface area (Å²) in [5.74, 6) is -0.0206. The Morgan fingerprint density at radius 3 is 2.93 bits per heavy atom. The fourth-order valence-corrected chi connectivity index (χ4v) is 2.68. The van der Waals surface area contributed by atoms with E-state index in [1.165, 1.54) is 0 Å². The van der Waals surface area contributed by atoms with Crippen LogP contribution in [0.25, 0.3) is 0 Å². The molecular formula is C12H13NO2. The van der Waals surface area contributed by atoms with E-state index in [2.05, 4.69) is 0 Å². The third-order valence-corrected chi connectivity index (χ3v) is 3.44. The van der Waals surface area contributed by atoms with Gasteiger partial charge in [0.1, 0.15) is 0 Å². The maximum absolute atomic E-state index is 12.0. The van der Waals surface area contributed by atoms with Crippen molar-refractivity contribution in [2.45, 2.75) is 25.0 Å². The van der Waals surface area contributed by atoms with Crippen LogP contribution in [0.2, 0.25) is 0 Å². The number of aliphatic hydroxyl groups is 1. The standard InChI is InChI=1S/C12H13NO2/c14-11-9-5-1-2-6-10(9)12(15)7-3-4-8-13(11)12/h1-2,5-6,15H,3-4,7-8H2. The normalized spacial score (nSPS) is 28.9. The summed E-state index contributed by atoms with van der Waals surface area (Å²) in [7, 11) is 0. The molecule has 1 aromatic rings. The van der Waals surface area contributed by atoms with Gasteiger partial charge in [0.15, 0.2) is 5.72 Å². The Balaban J connectivity index is 2.20. The highest BCUT2D eigenvalue weighted by atomic mass is 16.3. The molecule has 0 aromatic heterocycles. The fourth-order valence-electron chi connectivity index (χ4n) is 2.68. The van der Waals surface area contributed by atoms with Crippen LogP contribution in [0.1, 0.15) is 35.2 Å². The second kappa shape index (κ2) is 2.83. The molecule has 0 bridgehead atoms. The van der Waals surface area contributed by atoms with E-state index in [0.717, 1.165) is 18.4 Å². The lowest BCUT2D eigenvalue weighted by molar-refractivity contribution is -0.106. The first-order valence-corrected chi connectivity index (χ1v) is 5.37. The third kappa shape index (κ3) is 1.01. The number of fused-ring (bicyclic) bond motifs is 3. The molecule has 2 heterocycles. The SMILES string of the molecule is O=C1c2ccccc2C2(O)CCCCN12. The van der Waals surface area contributed by atoms with E-state index in [9.17, 15) is 9.90 Å². The highest BCUT2D eigenvalue weighted by Crippen LogP contribution is 2.42. The summed E-state index contributed by atoms with van der Waals surface area (Å²) in [5, 5.41) is 10.5. The molecule has 0 radical (unpaired) electrons. The maximum atomic E-state index is 12.0. The summed E-state index contributed by atoms with van der Waals surface area (Å²) in [6.07, 6.45) is 2.63. The monoisotopic (exact) mass is 203 g/mol. The van der Waals surface area contributed by atoms with E-state index in [4.69, 9.17) is 0 Å². The minimum absolute atomic E-state index is 0.0206. The molecule has 1 amide bonds. The van der Waals surface area contributed by atoms with Gasteiger partial charge in [-0.1, -0.05) is 18.2 Å². The molecule has 1 aromatic carbocycles. The first kappa shape index (κ1) is 8.92. The molecule has 1 unspecified atom stereocenters. The molecule has 1 atom stereocenters. The smallest absolute Gasteiger partial charge is 0.256 e. The summed E-state index contributed by atoms with van der Waals surface area (Å²) in [6.45, 7) is 0.671. The Morgan fingerprint density at radius 1 is 1.27 bits per heavy atom. The first-order valence-electron chi connectivity index (χ1n) is 5.37. The zero-order valence-corrected chi connectivity index (χ0v) is 8.44. The van der Waals surface area contributed by atoms with Crippen LogP contribution in [0, 0.1) is 0 Å². The van der Waals surface area contributed by atoms with Crippen molar-refractivity contribution < 1.29 is 9.90 Å². The Kier molecular flexibility index (Phi) is 1.68. The van der Waals surface area contributed by atoms with Crippen LogP contribution in [0.5, 0.6) is 0 Å². The van der Waals surface area contributed by atoms with E-state index in [1.807, 2.05) is 18.2 Å². The topological polar surface area (TPSA) is 40.5 Å². The molecule has 0 aliphatic carbocycles. The lowest BCUT2D eigenvalue weighted by Crippen LogP contribution is -2.46. The van der Waals surface area contributed by atoms with Gasteiger partial charge in [0.25, 0.3) is 5.91 Å². The van der Waals surface area contributed by atoms with E-state index in [-0.39, 0.29) is 5.91 Å². The van der Waals surface area contributed by atoms with E-state index in [0.29, 0.717) is 18.5 Å². The molecule has 15 heavy (non-hydrogen) atoms. The van der Waals surface area contributed by atoms with E-state index >= 15 is 0 Å². The molecule has 3 heteroatoms.